The Morgan fingerprint density at radius 2 is 1.76 bits per heavy atom. The molecular weight excluding hydrogens is 266 g/mol. The minimum absolute atomic E-state index is 0.0290. The fraction of sp³-hybridized carbons (Fsp3) is 0. The van der Waals surface area contributed by atoms with E-state index >= 15 is 0 Å². The Morgan fingerprint density at radius 1 is 1.05 bits per heavy atom. The smallest absolute Gasteiger partial charge is 0.258 e. The number of anilines is 1. The highest BCUT2D eigenvalue weighted by Gasteiger charge is 2.11. The molecule has 104 valence electrons. The third-order valence-electron chi connectivity index (χ3n) is 3.02. The summed E-state index contributed by atoms with van der Waals surface area (Å²) in [7, 11) is 0. The lowest BCUT2D eigenvalue weighted by atomic mass is 10.2. The highest BCUT2D eigenvalue weighted by atomic mass is 16.3. The summed E-state index contributed by atoms with van der Waals surface area (Å²) in [4.78, 5) is 12.1. The normalized spacial score (nSPS) is 10.3. The van der Waals surface area contributed by atoms with E-state index in [-0.39, 0.29) is 11.7 Å². The second-order valence-corrected chi connectivity index (χ2v) is 4.48. The quantitative estimate of drug-likeness (QED) is 0.724. The predicted molar refractivity (Wildman–Crippen MR) is 79.6 cm³/mol. The Balaban J connectivity index is 1.80. The van der Waals surface area contributed by atoms with Crippen molar-refractivity contribution in [1.82, 2.24) is 9.78 Å². The van der Waals surface area contributed by atoms with Gasteiger partial charge in [-0.1, -0.05) is 30.3 Å². The second-order valence-electron chi connectivity index (χ2n) is 4.48. The van der Waals surface area contributed by atoms with Crippen LogP contribution in [-0.2, 0) is 0 Å². The van der Waals surface area contributed by atoms with Gasteiger partial charge in [-0.3, -0.25) is 4.79 Å². The predicted octanol–water partition coefficient (Wildman–Crippen LogP) is 2.83. The number of para-hydroxylation sites is 3. The minimum atomic E-state index is -0.321. The van der Waals surface area contributed by atoms with Crippen molar-refractivity contribution in [2.24, 2.45) is 0 Å². The molecule has 3 aromatic rings. The van der Waals surface area contributed by atoms with Gasteiger partial charge in [0.1, 0.15) is 5.75 Å². The number of nitrogens with zero attached hydrogens (tertiary/aromatic N) is 2. The molecular formula is C16H13N3O2. The van der Waals surface area contributed by atoms with Crippen LogP contribution in [0.25, 0.3) is 5.69 Å². The maximum Gasteiger partial charge on any atom is 0.258 e. The third-order valence-corrected chi connectivity index (χ3v) is 3.02. The summed E-state index contributed by atoms with van der Waals surface area (Å²) in [6, 6.07) is 16.1. The summed E-state index contributed by atoms with van der Waals surface area (Å²) >= 11 is 0. The van der Waals surface area contributed by atoms with Crippen molar-refractivity contribution in [3.8, 4) is 11.4 Å². The van der Waals surface area contributed by atoms with Crippen molar-refractivity contribution in [3.05, 3.63) is 72.6 Å². The van der Waals surface area contributed by atoms with E-state index in [1.165, 1.54) is 12.3 Å². The van der Waals surface area contributed by atoms with Crippen molar-refractivity contribution in [2.45, 2.75) is 0 Å². The molecule has 2 N–H and O–H groups in total. The lowest BCUT2D eigenvalue weighted by Gasteiger charge is -2.05. The SMILES string of the molecule is O=C(Nc1ccccc1O)c1cnn(-c2ccccc2)c1. The third kappa shape index (κ3) is 2.76. The summed E-state index contributed by atoms with van der Waals surface area (Å²) in [6.07, 6.45) is 3.13. The highest BCUT2D eigenvalue weighted by Crippen LogP contribution is 2.22. The van der Waals surface area contributed by atoms with E-state index in [1.807, 2.05) is 30.3 Å². The van der Waals surface area contributed by atoms with Gasteiger partial charge < -0.3 is 10.4 Å². The molecule has 0 saturated carbocycles. The lowest BCUT2D eigenvalue weighted by Crippen LogP contribution is -2.11. The van der Waals surface area contributed by atoms with Crippen molar-refractivity contribution >= 4 is 11.6 Å². The van der Waals surface area contributed by atoms with Crippen LogP contribution in [0.2, 0.25) is 0 Å². The molecule has 1 amide bonds. The average molecular weight is 279 g/mol. The van der Waals surface area contributed by atoms with Gasteiger partial charge in [-0.2, -0.15) is 5.10 Å². The van der Waals surface area contributed by atoms with Crippen LogP contribution >= 0.6 is 0 Å². The van der Waals surface area contributed by atoms with E-state index in [0.717, 1.165) is 5.69 Å². The number of carbonyl (C=O) groups excluding carboxylic acids is 1. The maximum absolute atomic E-state index is 12.1. The standard InChI is InChI=1S/C16H13N3O2/c20-15-9-5-4-8-14(15)18-16(21)12-10-17-19(11-12)13-6-2-1-3-7-13/h1-11,20H,(H,18,21). The van der Waals surface area contributed by atoms with Gasteiger partial charge in [0.2, 0.25) is 0 Å². The number of aromatic hydroxyl groups is 1. The zero-order valence-electron chi connectivity index (χ0n) is 11.1. The van der Waals surface area contributed by atoms with Gasteiger partial charge in [0.25, 0.3) is 5.91 Å². The number of nitrogens with one attached hydrogen (secondary N) is 1. The number of phenolic OH excluding ortho intramolecular Hbond substituents is 1. The number of rotatable bonds is 3. The van der Waals surface area contributed by atoms with Gasteiger partial charge >= 0.3 is 0 Å². The van der Waals surface area contributed by atoms with Crippen molar-refractivity contribution in [1.29, 1.82) is 0 Å². The molecule has 3 rings (SSSR count). The van der Waals surface area contributed by atoms with Crippen LogP contribution in [0.15, 0.2) is 67.0 Å². The van der Waals surface area contributed by atoms with E-state index in [4.69, 9.17) is 0 Å². The number of carbonyl (C=O) groups is 1. The molecule has 5 heteroatoms. The Morgan fingerprint density at radius 3 is 2.52 bits per heavy atom. The highest BCUT2D eigenvalue weighted by molar-refractivity contribution is 6.04. The number of phenols is 1. The molecule has 0 atom stereocenters. The van der Waals surface area contributed by atoms with Crippen LogP contribution < -0.4 is 5.32 Å². The fourth-order valence-electron chi connectivity index (χ4n) is 1.94. The molecule has 0 aliphatic rings. The first-order chi connectivity index (χ1) is 10.2. The van der Waals surface area contributed by atoms with Gasteiger partial charge in [-0.25, -0.2) is 4.68 Å². The first-order valence-electron chi connectivity index (χ1n) is 6.43. The molecule has 0 spiro atoms. The molecule has 0 bridgehead atoms. The first kappa shape index (κ1) is 12.9. The monoisotopic (exact) mass is 279 g/mol. The molecule has 0 fully saturated rings. The van der Waals surface area contributed by atoms with E-state index in [0.29, 0.717) is 11.3 Å². The average Bonchev–Trinajstić information content (AvgIpc) is 3.00. The van der Waals surface area contributed by atoms with Crippen LogP contribution in [0.1, 0.15) is 10.4 Å². The van der Waals surface area contributed by atoms with E-state index in [9.17, 15) is 9.90 Å². The molecule has 0 aliphatic carbocycles. The number of benzene rings is 2. The van der Waals surface area contributed by atoms with Crippen molar-refractivity contribution in [3.63, 3.8) is 0 Å². The Hall–Kier alpha value is -3.08. The van der Waals surface area contributed by atoms with Gasteiger partial charge in [0.05, 0.1) is 23.1 Å². The summed E-state index contributed by atoms with van der Waals surface area (Å²) < 4.78 is 1.62. The number of amides is 1. The summed E-state index contributed by atoms with van der Waals surface area (Å²) in [6.45, 7) is 0. The molecule has 21 heavy (non-hydrogen) atoms. The molecule has 2 aromatic carbocycles. The Bertz CT molecular complexity index is 766. The summed E-state index contributed by atoms with van der Waals surface area (Å²) in [5.41, 5.74) is 1.66. The van der Waals surface area contributed by atoms with Crippen LogP contribution in [0.3, 0.4) is 0 Å². The van der Waals surface area contributed by atoms with E-state index < -0.39 is 0 Å². The number of hydrogen-bond donors (Lipinski definition) is 2. The lowest BCUT2D eigenvalue weighted by molar-refractivity contribution is 0.102. The number of hydrogen-bond acceptors (Lipinski definition) is 3. The molecule has 5 nitrogen and oxygen atoms in total. The van der Waals surface area contributed by atoms with Crippen LogP contribution in [0.5, 0.6) is 5.75 Å². The van der Waals surface area contributed by atoms with Crippen LogP contribution in [0, 0.1) is 0 Å². The summed E-state index contributed by atoms with van der Waals surface area (Å²) in [5.74, 6) is -0.292. The molecule has 1 heterocycles. The molecule has 0 aliphatic heterocycles. The van der Waals surface area contributed by atoms with E-state index in [2.05, 4.69) is 10.4 Å². The van der Waals surface area contributed by atoms with Gasteiger partial charge in [0, 0.05) is 6.20 Å². The number of aromatic nitrogens is 2. The Kier molecular flexibility index (Phi) is 3.39. The largest absolute Gasteiger partial charge is 0.506 e. The fourth-order valence-corrected chi connectivity index (χ4v) is 1.94. The van der Waals surface area contributed by atoms with Crippen molar-refractivity contribution in [2.75, 3.05) is 5.32 Å². The Labute approximate surface area is 121 Å². The minimum Gasteiger partial charge on any atom is -0.506 e. The second kappa shape index (κ2) is 5.50. The topological polar surface area (TPSA) is 67.2 Å². The van der Waals surface area contributed by atoms with Crippen LogP contribution in [0.4, 0.5) is 5.69 Å². The van der Waals surface area contributed by atoms with E-state index in [1.54, 1.807) is 29.1 Å². The molecule has 0 saturated heterocycles. The maximum atomic E-state index is 12.1. The van der Waals surface area contributed by atoms with Gasteiger partial charge in [-0.15, -0.1) is 0 Å². The molecule has 0 unspecified atom stereocenters. The van der Waals surface area contributed by atoms with Gasteiger partial charge in [0.15, 0.2) is 0 Å². The molecule has 1 aromatic heterocycles. The summed E-state index contributed by atoms with van der Waals surface area (Å²) in [5, 5.41) is 16.5. The first-order valence-corrected chi connectivity index (χ1v) is 6.43. The van der Waals surface area contributed by atoms with Crippen LogP contribution in [-0.4, -0.2) is 20.8 Å². The zero-order valence-corrected chi connectivity index (χ0v) is 11.1. The van der Waals surface area contributed by atoms with Crippen molar-refractivity contribution < 1.29 is 9.90 Å². The zero-order chi connectivity index (χ0) is 14.7. The van der Waals surface area contributed by atoms with Gasteiger partial charge in [-0.05, 0) is 24.3 Å². The molecule has 0 radical (unpaired) electrons.